The van der Waals surface area contributed by atoms with Gasteiger partial charge < -0.3 is 4.42 Å². The van der Waals surface area contributed by atoms with E-state index < -0.39 is 0 Å². The van der Waals surface area contributed by atoms with Crippen LogP contribution in [0, 0.1) is 5.92 Å². The number of halogens is 1. The number of furan rings is 1. The lowest BCUT2D eigenvalue weighted by atomic mass is 10.0. The third-order valence-corrected chi connectivity index (χ3v) is 3.84. The number of thiol groups is 1. The van der Waals surface area contributed by atoms with Crippen LogP contribution in [0.4, 0.5) is 0 Å². The third kappa shape index (κ3) is 2.08. The van der Waals surface area contributed by atoms with Crippen molar-refractivity contribution in [1.29, 1.82) is 0 Å². The molecule has 80 valence electrons. The Kier molecular flexibility index (Phi) is 3.12. The summed E-state index contributed by atoms with van der Waals surface area (Å²) >= 11 is 7.84. The number of hydrogen-bond donors (Lipinski definition) is 1. The summed E-state index contributed by atoms with van der Waals surface area (Å²) in [5.41, 5.74) is 2.17. The highest BCUT2D eigenvalue weighted by atomic mass is 79.9. The normalized spacial score (nSPS) is 11.5. The Morgan fingerprint density at radius 1 is 1.40 bits per heavy atom. The molecule has 2 aromatic rings. The maximum atomic E-state index is 5.57. The Balaban J connectivity index is 2.57. The summed E-state index contributed by atoms with van der Waals surface area (Å²) in [5.74, 6) is 0.639. The van der Waals surface area contributed by atoms with Crippen LogP contribution >= 0.6 is 28.6 Å². The molecule has 1 heterocycles. The summed E-state index contributed by atoms with van der Waals surface area (Å²) < 4.78 is 6.51. The Bertz CT molecular complexity index is 488. The maximum absolute atomic E-state index is 5.57. The van der Waals surface area contributed by atoms with Crippen LogP contribution < -0.4 is 0 Å². The van der Waals surface area contributed by atoms with E-state index in [0.717, 1.165) is 21.4 Å². The second-order valence-corrected chi connectivity index (χ2v) is 5.41. The van der Waals surface area contributed by atoms with Crippen molar-refractivity contribution in [2.45, 2.75) is 25.2 Å². The molecule has 0 bridgehead atoms. The molecule has 0 aliphatic rings. The van der Waals surface area contributed by atoms with Gasteiger partial charge in [-0.15, -0.1) is 12.6 Å². The first-order chi connectivity index (χ1) is 7.09. The van der Waals surface area contributed by atoms with Gasteiger partial charge in [-0.3, -0.25) is 0 Å². The molecule has 1 aromatic carbocycles. The van der Waals surface area contributed by atoms with E-state index in [0.29, 0.717) is 5.92 Å². The van der Waals surface area contributed by atoms with Crippen molar-refractivity contribution in [2.24, 2.45) is 5.92 Å². The molecule has 0 aliphatic carbocycles. The maximum Gasteiger partial charge on any atom is 0.149 e. The van der Waals surface area contributed by atoms with Gasteiger partial charge in [0.25, 0.3) is 0 Å². The monoisotopic (exact) mass is 284 g/mol. The first-order valence-corrected chi connectivity index (χ1v) is 6.21. The Morgan fingerprint density at radius 3 is 2.80 bits per heavy atom. The molecule has 1 aromatic heterocycles. The zero-order valence-electron chi connectivity index (χ0n) is 8.75. The molecule has 0 radical (unpaired) electrons. The second kappa shape index (κ2) is 4.22. The lowest BCUT2D eigenvalue weighted by molar-refractivity contribution is 0.592. The minimum absolute atomic E-state index is 0.639. The fraction of sp³-hybridized carbons (Fsp3) is 0.333. The molecule has 0 amide bonds. The summed E-state index contributed by atoms with van der Waals surface area (Å²) in [6, 6.07) is 4.07. The smallest absolute Gasteiger partial charge is 0.149 e. The van der Waals surface area contributed by atoms with E-state index in [4.69, 9.17) is 4.42 Å². The van der Waals surface area contributed by atoms with Crippen molar-refractivity contribution in [1.82, 2.24) is 0 Å². The molecule has 0 spiro atoms. The predicted molar refractivity (Wildman–Crippen MR) is 69.7 cm³/mol. The first kappa shape index (κ1) is 11.1. The zero-order chi connectivity index (χ0) is 11.0. The molecule has 2 rings (SSSR count). The van der Waals surface area contributed by atoms with E-state index in [9.17, 15) is 0 Å². The van der Waals surface area contributed by atoms with Crippen LogP contribution in [-0.4, -0.2) is 0 Å². The highest BCUT2D eigenvalue weighted by Gasteiger charge is 2.11. The van der Waals surface area contributed by atoms with Gasteiger partial charge in [0.1, 0.15) is 5.58 Å². The lowest BCUT2D eigenvalue weighted by Crippen LogP contribution is -1.92. The molecular weight excluding hydrogens is 272 g/mol. The van der Waals surface area contributed by atoms with Gasteiger partial charge in [0, 0.05) is 10.3 Å². The molecule has 0 aliphatic heterocycles. The number of hydrogen-bond acceptors (Lipinski definition) is 2. The van der Waals surface area contributed by atoms with Gasteiger partial charge in [-0.1, -0.05) is 13.8 Å². The van der Waals surface area contributed by atoms with Crippen LogP contribution in [0.1, 0.15) is 19.4 Å². The van der Waals surface area contributed by atoms with Gasteiger partial charge in [0.2, 0.25) is 0 Å². The van der Waals surface area contributed by atoms with Crippen LogP contribution in [0.3, 0.4) is 0 Å². The van der Waals surface area contributed by atoms with Crippen molar-refractivity contribution in [3.05, 3.63) is 28.4 Å². The minimum atomic E-state index is 0.639. The predicted octanol–water partition coefficient (Wildman–Crippen LogP) is 4.68. The van der Waals surface area contributed by atoms with Gasteiger partial charge in [0.05, 0.1) is 10.7 Å². The second-order valence-electron chi connectivity index (χ2n) is 4.13. The van der Waals surface area contributed by atoms with E-state index in [1.54, 1.807) is 0 Å². The molecule has 0 atom stereocenters. The van der Waals surface area contributed by atoms with Crippen LogP contribution in [0.2, 0.25) is 0 Å². The average molecular weight is 285 g/mol. The molecular formula is C12H13BrOS. The van der Waals surface area contributed by atoms with E-state index in [1.807, 2.05) is 12.3 Å². The molecule has 1 nitrogen and oxygen atoms in total. The number of rotatable bonds is 2. The minimum Gasteiger partial charge on any atom is -0.463 e. The summed E-state index contributed by atoms with van der Waals surface area (Å²) in [5, 5.41) is 1.19. The van der Waals surface area contributed by atoms with Gasteiger partial charge in [-0.2, -0.15) is 0 Å². The standard InChI is InChI=1S/C12H13BrOS/c1-7(2)5-8-6-14-12-9(8)3-4-10(15)11(12)13/h3-4,6-7,15H,5H2,1-2H3. The van der Waals surface area contributed by atoms with Crippen molar-refractivity contribution in [3.63, 3.8) is 0 Å². The molecule has 0 unspecified atom stereocenters. The summed E-state index contributed by atoms with van der Waals surface area (Å²) in [7, 11) is 0. The van der Waals surface area contributed by atoms with Crippen LogP contribution in [-0.2, 0) is 6.42 Å². The molecule has 0 saturated carbocycles. The fourth-order valence-electron chi connectivity index (χ4n) is 1.71. The average Bonchev–Trinajstić information content (AvgIpc) is 2.55. The Hall–Kier alpha value is -0.410. The molecule has 15 heavy (non-hydrogen) atoms. The number of benzene rings is 1. The summed E-state index contributed by atoms with van der Waals surface area (Å²) in [6.07, 6.45) is 2.90. The molecule has 3 heteroatoms. The largest absolute Gasteiger partial charge is 0.463 e. The van der Waals surface area contributed by atoms with Crippen molar-refractivity contribution in [3.8, 4) is 0 Å². The van der Waals surface area contributed by atoms with Crippen molar-refractivity contribution in [2.75, 3.05) is 0 Å². The van der Waals surface area contributed by atoms with Gasteiger partial charge >= 0.3 is 0 Å². The highest BCUT2D eigenvalue weighted by Crippen LogP contribution is 2.33. The fourth-order valence-corrected chi connectivity index (χ4v) is 2.32. The number of fused-ring (bicyclic) bond motifs is 1. The summed E-state index contributed by atoms with van der Waals surface area (Å²) in [4.78, 5) is 0.910. The summed E-state index contributed by atoms with van der Waals surface area (Å²) in [6.45, 7) is 4.42. The van der Waals surface area contributed by atoms with E-state index in [-0.39, 0.29) is 0 Å². The van der Waals surface area contributed by atoms with Crippen LogP contribution in [0.5, 0.6) is 0 Å². The zero-order valence-corrected chi connectivity index (χ0v) is 11.2. The van der Waals surface area contributed by atoms with E-state index >= 15 is 0 Å². The van der Waals surface area contributed by atoms with Gasteiger partial charge in [0.15, 0.2) is 0 Å². The van der Waals surface area contributed by atoms with Crippen molar-refractivity contribution < 1.29 is 4.42 Å². The SMILES string of the molecule is CC(C)Cc1coc2c(Br)c(S)ccc12. The Labute approximate surface area is 103 Å². The quantitative estimate of drug-likeness (QED) is 0.790. The van der Waals surface area contributed by atoms with Crippen LogP contribution in [0.15, 0.2) is 32.2 Å². The van der Waals surface area contributed by atoms with Gasteiger partial charge in [-0.25, -0.2) is 0 Å². The Morgan fingerprint density at radius 2 is 2.13 bits per heavy atom. The van der Waals surface area contributed by atoms with Crippen molar-refractivity contribution >= 4 is 39.5 Å². The molecule has 0 saturated heterocycles. The lowest BCUT2D eigenvalue weighted by Gasteiger charge is -2.02. The topological polar surface area (TPSA) is 13.1 Å². The highest BCUT2D eigenvalue weighted by molar-refractivity contribution is 9.10. The van der Waals surface area contributed by atoms with E-state index in [1.165, 1.54) is 10.9 Å². The first-order valence-electron chi connectivity index (χ1n) is 4.97. The molecule has 0 fully saturated rings. The van der Waals surface area contributed by atoms with E-state index in [2.05, 4.69) is 48.5 Å². The molecule has 0 N–H and O–H groups in total. The van der Waals surface area contributed by atoms with Crippen LogP contribution in [0.25, 0.3) is 11.0 Å². The van der Waals surface area contributed by atoms with Gasteiger partial charge in [-0.05, 0) is 46.0 Å². The third-order valence-electron chi connectivity index (χ3n) is 2.37.